The van der Waals surface area contributed by atoms with Crippen LogP contribution in [0.1, 0.15) is 37.7 Å². The molecule has 4 heterocycles. The summed E-state index contributed by atoms with van der Waals surface area (Å²) in [6, 6.07) is 11.0. The molecule has 1 saturated heterocycles. The fraction of sp³-hybridized carbons (Fsp3) is 0.357. The van der Waals surface area contributed by atoms with E-state index in [1.807, 2.05) is 46.6 Å². The van der Waals surface area contributed by atoms with Gasteiger partial charge in [0.2, 0.25) is 11.9 Å². The molecule has 2 fully saturated rings. The first-order chi connectivity index (χ1) is 18.4. The third-order valence-electron chi connectivity index (χ3n) is 7.00. The van der Waals surface area contributed by atoms with E-state index in [0.717, 1.165) is 36.9 Å². The van der Waals surface area contributed by atoms with Gasteiger partial charge < -0.3 is 29.2 Å². The molecule has 1 amide bonds. The van der Waals surface area contributed by atoms with Gasteiger partial charge in [-0.15, -0.1) is 0 Å². The highest BCUT2D eigenvalue weighted by Crippen LogP contribution is 2.40. The molecule has 10 nitrogen and oxygen atoms in total. The summed E-state index contributed by atoms with van der Waals surface area (Å²) in [6.45, 7) is 3.55. The first-order valence-corrected chi connectivity index (χ1v) is 12.9. The predicted octanol–water partition coefficient (Wildman–Crippen LogP) is 4.54. The van der Waals surface area contributed by atoms with Crippen LogP contribution in [0.3, 0.4) is 0 Å². The molecule has 10 heteroatoms. The van der Waals surface area contributed by atoms with Crippen LogP contribution in [-0.2, 0) is 23.1 Å². The van der Waals surface area contributed by atoms with Gasteiger partial charge in [0.1, 0.15) is 23.0 Å². The zero-order valence-electron chi connectivity index (χ0n) is 21.4. The second-order valence-electron chi connectivity index (χ2n) is 10.1. The van der Waals surface area contributed by atoms with Gasteiger partial charge in [0.05, 0.1) is 17.6 Å². The zero-order chi connectivity index (χ0) is 26.2. The molecule has 4 aromatic rings. The first kappa shape index (κ1) is 24.2. The number of hydrogen-bond acceptors (Lipinski definition) is 7. The second-order valence-corrected chi connectivity index (χ2v) is 10.1. The minimum absolute atomic E-state index is 0.0509. The number of nitrogens with zero attached hydrogens (tertiary/aromatic N) is 4. The topological polar surface area (TPSA) is 112 Å². The molecule has 6 rings (SSSR count). The van der Waals surface area contributed by atoms with Crippen molar-refractivity contribution in [1.82, 2.24) is 19.1 Å². The quantitative estimate of drug-likeness (QED) is 0.355. The van der Waals surface area contributed by atoms with Gasteiger partial charge in [-0.1, -0.05) is 0 Å². The minimum atomic E-state index is -0.201. The maximum Gasteiger partial charge on any atom is 0.274 e. The van der Waals surface area contributed by atoms with Crippen LogP contribution >= 0.6 is 0 Å². The van der Waals surface area contributed by atoms with Gasteiger partial charge in [-0.3, -0.25) is 9.59 Å². The van der Waals surface area contributed by atoms with Gasteiger partial charge in [0.15, 0.2) is 0 Å². The summed E-state index contributed by atoms with van der Waals surface area (Å²) in [7, 11) is 1.90. The summed E-state index contributed by atoms with van der Waals surface area (Å²) in [5, 5.41) is 5.96. The standard InChI is InChI=1S/C28H30N6O4/c1-17(35)30-26-13-22(7-9-29-26)38-21-5-6-23-25(12-21)33(2)28(31-23)32-24-11-20(19-3-4-19)15-34(27(24)36)14-18-8-10-37-16-18/h5-7,9,11-13,15,18-19H,3-4,8,10,14,16H2,1-2H3,(H,31,32)(H,29,30,35)/t18-/m1/s1. The number of pyridine rings is 2. The summed E-state index contributed by atoms with van der Waals surface area (Å²) in [4.78, 5) is 33.6. The number of aryl methyl sites for hydroxylation is 1. The second kappa shape index (κ2) is 9.94. The maximum absolute atomic E-state index is 13.4. The number of anilines is 3. The van der Waals surface area contributed by atoms with E-state index in [2.05, 4.69) is 15.6 Å². The molecule has 1 aliphatic carbocycles. The summed E-state index contributed by atoms with van der Waals surface area (Å²) in [5.74, 6) is 2.84. The molecular weight excluding hydrogens is 484 g/mol. The molecule has 3 aromatic heterocycles. The van der Waals surface area contributed by atoms with Crippen molar-refractivity contribution in [2.45, 2.75) is 38.6 Å². The lowest BCUT2D eigenvalue weighted by atomic mass is 10.1. The minimum Gasteiger partial charge on any atom is -0.457 e. The monoisotopic (exact) mass is 514 g/mol. The lowest BCUT2D eigenvalue weighted by Crippen LogP contribution is -2.26. The molecule has 2 N–H and O–H groups in total. The number of rotatable bonds is 8. The smallest absolute Gasteiger partial charge is 0.274 e. The molecule has 0 bridgehead atoms. The fourth-order valence-corrected chi connectivity index (χ4v) is 4.85. The Labute approximate surface area is 219 Å². The Morgan fingerprint density at radius 1 is 1.16 bits per heavy atom. The van der Waals surface area contributed by atoms with Crippen molar-refractivity contribution >= 4 is 34.4 Å². The van der Waals surface area contributed by atoms with E-state index in [0.29, 0.717) is 53.9 Å². The molecule has 1 aliphatic heterocycles. The number of imidazole rings is 1. The molecule has 1 saturated carbocycles. The predicted molar refractivity (Wildman–Crippen MR) is 144 cm³/mol. The van der Waals surface area contributed by atoms with E-state index in [9.17, 15) is 9.59 Å². The highest BCUT2D eigenvalue weighted by atomic mass is 16.5. The van der Waals surface area contributed by atoms with E-state index < -0.39 is 0 Å². The number of nitrogens with one attached hydrogen (secondary N) is 2. The highest BCUT2D eigenvalue weighted by Gasteiger charge is 2.26. The summed E-state index contributed by atoms with van der Waals surface area (Å²) in [6.07, 6.45) is 6.89. The van der Waals surface area contributed by atoms with Crippen LogP contribution in [0.25, 0.3) is 11.0 Å². The molecule has 0 unspecified atom stereocenters. The fourth-order valence-electron chi connectivity index (χ4n) is 4.85. The Morgan fingerprint density at radius 3 is 2.76 bits per heavy atom. The van der Waals surface area contributed by atoms with Gasteiger partial charge >= 0.3 is 0 Å². The van der Waals surface area contributed by atoms with Gasteiger partial charge in [-0.25, -0.2) is 9.97 Å². The first-order valence-electron chi connectivity index (χ1n) is 12.9. The maximum atomic E-state index is 13.4. The number of carbonyl (C=O) groups excluding carboxylic acids is 1. The van der Waals surface area contributed by atoms with Crippen molar-refractivity contribution in [3.63, 3.8) is 0 Å². The van der Waals surface area contributed by atoms with Crippen LogP contribution in [-0.4, -0.2) is 38.2 Å². The molecule has 196 valence electrons. The van der Waals surface area contributed by atoms with Crippen molar-refractivity contribution in [3.8, 4) is 11.5 Å². The SMILES string of the molecule is CC(=O)Nc1cc(Oc2ccc3nc(Nc4cc(C5CC5)cn(C[C@H]5CCOC5)c4=O)n(C)c3c2)ccn1. The number of carbonyl (C=O) groups is 1. The average molecular weight is 515 g/mol. The Balaban J connectivity index is 1.27. The number of ether oxygens (including phenoxy) is 2. The lowest BCUT2D eigenvalue weighted by Gasteiger charge is -2.15. The molecule has 1 aromatic carbocycles. The van der Waals surface area contributed by atoms with Gasteiger partial charge in [0.25, 0.3) is 5.56 Å². The van der Waals surface area contributed by atoms with Crippen LogP contribution < -0.4 is 20.9 Å². The van der Waals surface area contributed by atoms with E-state index >= 15 is 0 Å². The van der Waals surface area contributed by atoms with Crippen LogP contribution in [0, 0.1) is 5.92 Å². The van der Waals surface area contributed by atoms with Crippen LogP contribution in [0.5, 0.6) is 11.5 Å². The van der Waals surface area contributed by atoms with Crippen molar-refractivity contribution < 1.29 is 14.3 Å². The number of fused-ring (bicyclic) bond motifs is 1. The van der Waals surface area contributed by atoms with Crippen molar-refractivity contribution in [2.75, 3.05) is 23.8 Å². The molecule has 0 spiro atoms. The molecular formula is C28H30N6O4. The van der Waals surface area contributed by atoms with Crippen LogP contribution in [0.4, 0.5) is 17.5 Å². The third-order valence-corrected chi connectivity index (χ3v) is 7.00. The highest BCUT2D eigenvalue weighted by molar-refractivity contribution is 5.87. The van der Waals surface area contributed by atoms with Gasteiger partial charge in [-0.2, -0.15) is 0 Å². The zero-order valence-corrected chi connectivity index (χ0v) is 21.4. The molecule has 0 radical (unpaired) electrons. The number of amides is 1. The van der Waals surface area contributed by atoms with Crippen LogP contribution in [0.15, 0.2) is 53.6 Å². The normalized spacial score (nSPS) is 17.1. The average Bonchev–Trinajstić information content (AvgIpc) is 3.53. The van der Waals surface area contributed by atoms with Crippen molar-refractivity contribution in [3.05, 3.63) is 64.7 Å². The van der Waals surface area contributed by atoms with Crippen LogP contribution in [0.2, 0.25) is 0 Å². The van der Waals surface area contributed by atoms with Gasteiger partial charge in [0, 0.05) is 57.6 Å². The molecule has 1 atom stereocenters. The summed E-state index contributed by atoms with van der Waals surface area (Å²) in [5.41, 5.74) is 3.30. The van der Waals surface area contributed by atoms with Crippen molar-refractivity contribution in [1.29, 1.82) is 0 Å². The Hall–Kier alpha value is -4.18. The Morgan fingerprint density at radius 2 is 2.00 bits per heavy atom. The van der Waals surface area contributed by atoms with Crippen molar-refractivity contribution in [2.24, 2.45) is 13.0 Å². The summed E-state index contributed by atoms with van der Waals surface area (Å²) < 4.78 is 15.3. The Kier molecular flexibility index (Phi) is 6.32. The summed E-state index contributed by atoms with van der Waals surface area (Å²) >= 11 is 0. The Bertz CT molecular complexity index is 1570. The number of aromatic nitrogens is 4. The largest absolute Gasteiger partial charge is 0.457 e. The molecule has 2 aliphatic rings. The number of hydrogen-bond donors (Lipinski definition) is 2. The van der Waals surface area contributed by atoms with E-state index in [4.69, 9.17) is 14.5 Å². The lowest BCUT2D eigenvalue weighted by molar-refractivity contribution is -0.114. The van der Waals surface area contributed by atoms with E-state index in [1.165, 1.54) is 12.5 Å². The third kappa shape index (κ3) is 5.12. The number of benzene rings is 1. The molecule has 38 heavy (non-hydrogen) atoms. The van der Waals surface area contributed by atoms with E-state index in [1.54, 1.807) is 18.3 Å². The van der Waals surface area contributed by atoms with E-state index in [-0.39, 0.29) is 11.5 Å². The van der Waals surface area contributed by atoms with Gasteiger partial charge in [-0.05, 0) is 55.0 Å².